The second-order valence-corrected chi connectivity index (χ2v) is 6.07. The van der Waals surface area contributed by atoms with Gasteiger partial charge in [0.05, 0.1) is 14.2 Å². The van der Waals surface area contributed by atoms with E-state index in [1.807, 2.05) is 23.9 Å². The number of nitrogens with two attached hydrogens (primary N) is 1. The predicted molar refractivity (Wildman–Crippen MR) is 76.4 cm³/mol. The van der Waals surface area contributed by atoms with E-state index in [4.69, 9.17) is 15.2 Å². The van der Waals surface area contributed by atoms with E-state index in [0.717, 1.165) is 22.8 Å². The fourth-order valence-corrected chi connectivity index (χ4v) is 3.95. The van der Waals surface area contributed by atoms with Gasteiger partial charge in [-0.2, -0.15) is 11.8 Å². The van der Waals surface area contributed by atoms with Crippen LogP contribution in [0.4, 0.5) is 0 Å². The van der Waals surface area contributed by atoms with Crippen LogP contribution >= 0.6 is 11.8 Å². The van der Waals surface area contributed by atoms with Gasteiger partial charge in [0, 0.05) is 28.2 Å². The van der Waals surface area contributed by atoms with Crippen molar-refractivity contribution in [2.75, 3.05) is 14.2 Å². The van der Waals surface area contributed by atoms with Crippen molar-refractivity contribution in [3.8, 4) is 11.5 Å². The highest BCUT2D eigenvalue weighted by atomic mass is 32.2. The number of rotatable bonds is 3. The summed E-state index contributed by atoms with van der Waals surface area (Å²) < 4.78 is 10.9. The van der Waals surface area contributed by atoms with Crippen molar-refractivity contribution < 1.29 is 9.47 Å². The van der Waals surface area contributed by atoms with E-state index in [2.05, 4.69) is 13.8 Å². The van der Waals surface area contributed by atoms with Crippen LogP contribution in [0.1, 0.15) is 31.0 Å². The lowest BCUT2D eigenvalue weighted by Crippen LogP contribution is -2.32. The third-order valence-corrected chi connectivity index (χ3v) is 5.16. The smallest absolute Gasteiger partial charge is 0.124 e. The molecule has 100 valence electrons. The van der Waals surface area contributed by atoms with Crippen molar-refractivity contribution in [2.45, 2.75) is 30.9 Å². The fraction of sp³-hybridized carbons (Fsp3) is 0.571. The standard InChI is InChI=1S/C14H21NO2S/c1-8(2)14-13(15)12-9(7-18-14)10(16-3)5-6-11(12)17-4/h5-6,8,13-14H,7,15H2,1-4H3. The Morgan fingerprint density at radius 1 is 1.22 bits per heavy atom. The zero-order valence-corrected chi connectivity index (χ0v) is 12.2. The molecule has 0 fully saturated rings. The second kappa shape index (κ2) is 5.41. The van der Waals surface area contributed by atoms with Crippen LogP contribution in [-0.2, 0) is 5.75 Å². The highest BCUT2D eigenvalue weighted by Gasteiger charge is 2.33. The van der Waals surface area contributed by atoms with Gasteiger partial charge >= 0.3 is 0 Å². The second-order valence-electron chi connectivity index (χ2n) is 4.91. The molecule has 2 rings (SSSR count). The number of methoxy groups -OCH3 is 2. The van der Waals surface area contributed by atoms with Gasteiger partial charge in [0.15, 0.2) is 0 Å². The molecule has 1 heterocycles. The molecule has 0 radical (unpaired) electrons. The highest BCUT2D eigenvalue weighted by molar-refractivity contribution is 7.99. The van der Waals surface area contributed by atoms with Crippen molar-refractivity contribution >= 4 is 11.8 Å². The minimum atomic E-state index is 0.00352. The number of benzene rings is 1. The summed E-state index contributed by atoms with van der Waals surface area (Å²) in [5.41, 5.74) is 8.74. The van der Waals surface area contributed by atoms with Crippen LogP contribution in [0.2, 0.25) is 0 Å². The van der Waals surface area contributed by atoms with Crippen molar-refractivity contribution in [1.82, 2.24) is 0 Å². The van der Waals surface area contributed by atoms with Gasteiger partial charge in [0.1, 0.15) is 11.5 Å². The number of fused-ring (bicyclic) bond motifs is 1. The molecule has 0 aromatic heterocycles. The first-order valence-corrected chi connectivity index (χ1v) is 7.26. The molecule has 2 N–H and O–H groups in total. The molecule has 0 saturated heterocycles. The van der Waals surface area contributed by atoms with Gasteiger partial charge in [-0.3, -0.25) is 0 Å². The largest absolute Gasteiger partial charge is 0.496 e. The van der Waals surface area contributed by atoms with Gasteiger partial charge in [-0.05, 0) is 18.1 Å². The van der Waals surface area contributed by atoms with E-state index >= 15 is 0 Å². The van der Waals surface area contributed by atoms with Crippen molar-refractivity contribution in [3.63, 3.8) is 0 Å². The van der Waals surface area contributed by atoms with E-state index in [0.29, 0.717) is 11.2 Å². The van der Waals surface area contributed by atoms with Gasteiger partial charge in [0.25, 0.3) is 0 Å². The SMILES string of the molecule is COc1ccc(OC)c2c1CSC(C(C)C)C2N. The van der Waals surface area contributed by atoms with Crippen LogP contribution in [0.25, 0.3) is 0 Å². The molecule has 1 aromatic carbocycles. The Morgan fingerprint density at radius 3 is 2.39 bits per heavy atom. The molecule has 2 unspecified atom stereocenters. The highest BCUT2D eigenvalue weighted by Crippen LogP contribution is 2.46. The average Bonchev–Trinajstić information content (AvgIpc) is 2.37. The monoisotopic (exact) mass is 267 g/mol. The molecule has 18 heavy (non-hydrogen) atoms. The van der Waals surface area contributed by atoms with E-state index < -0.39 is 0 Å². The Labute approximate surface area is 113 Å². The summed E-state index contributed by atoms with van der Waals surface area (Å²) in [5.74, 6) is 3.28. The zero-order chi connectivity index (χ0) is 13.3. The van der Waals surface area contributed by atoms with Crippen molar-refractivity contribution in [1.29, 1.82) is 0 Å². The molecule has 0 bridgehead atoms. The van der Waals surface area contributed by atoms with E-state index in [-0.39, 0.29) is 6.04 Å². The summed E-state index contributed by atoms with van der Waals surface area (Å²) in [7, 11) is 3.40. The summed E-state index contributed by atoms with van der Waals surface area (Å²) in [4.78, 5) is 0. The quantitative estimate of drug-likeness (QED) is 0.914. The number of hydrogen-bond donors (Lipinski definition) is 1. The van der Waals surface area contributed by atoms with E-state index in [9.17, 15) is 0 Å². The molecule has 0 saturated carbocycles. The lowest BCUT2D eigenvalue weighted by Gasteiger charge is -2.34. The summed E-state index contributed by atoms with van der Waals surface area (Å²) in [6, 6.07) is 3.91. The lowest BCUT2D eigenvalue weighted by atomic mass is 9.92. The van der Waals surface area contributed by atoms with Gasteiger partial charge < -0.3 is 15.2 Å². The maximum Gasteiger partial charge on any atom is 0.124 e. The van der Waals surface area contributed by atoms with Gasteiger partial charge in [-0.1, -0.05) is 13.8 Å². The normalized spacial score (nSPS) is 22.8. The lowest BCUT2D eigenvalue weighted by molar-refractivity contribution is 0.386. The Morgan fingerprint density at radius 2 is 1.83 bits per heavy atom. The van der Waals surface area contributed by atoms with Crippen molar-refractivity contribution in [2.24, 2.45) is 11.7 Å². The Balaban J connectivity index is 2.51. The number of thioether (sulfide) groups is 1. The molecule has 0 aliphatic carbocycles. The van der Waals surface area contributed by atoms with Crippen LogP contribution < -0.4 is 15.2 Å². The summed E-state index contributed by atoms with van der Waals surface area (Å²) in [6.07, 6.45) is 0. The summed E-state index contributed by atoms with van der Waals surface area (Å²) in [6.45, 7) is 4.43. The van der Waals surface area contributed by atoms with Crippen LogP contribution in [0.3, 0.4) is 0 Å². The van der Waals surface area contributed by atoms with Crippen LogP contribution in [0.5, 0.6) is 11.5 Å². The van der Waals surface area contributed by atoms with Crippen LogP contribution in [-0.4, -0.2) is 19.5 Å². The Kier molecular flexibility index (Phi) is 4.07. The zero-order valence-electron chi connectivity index (χ0n) is 11.4. The number of ether oxygens (including phenoxy) is 2. The predicted octanol–water partition coefficient (Wildman–Crippen LogP) is 2.98. The first kappa shape index (κ1) is 13.6. The Hall–Kier alpha value is -0.870. The van der Waals surface area contributed by atoms with Gasteiger partial charge in [-0.25, -0.2) is 0 Å². The van der Waals surface area contributed by atoms with Crippen LogP contribution in [0.15, 0.2) is 12.1 Å². The molecule has 1 aromatic rings. The third-order valence-electron chi connectivity index (χ3n) is 3.48. The minimum Gasteiger partial charge on any atom is -0.496 e. The van der Waals surface area contributed by atoms with Crippen molar-refractivity contribution in [3.05, 3.63) is 23.3 Å². The molecule has 1 aliphatic rings. The first-order valence-electron chi connectivity index (χ1n) is 6.21. The third kappa shape index (κ3) is 2.19. The molecule has 4 heteroatoms. The maximum atomic E-state index is 6.44. The minimum absolute atomic E-state index is 0.00352. The van der Waals surface area contributed by atoms with E-state index in [1.165, 1.54) is 5.56 Å². The molecule has 0 spiro atoms. The van der Waals surface area contributed by atoms with E-state index in [1.54, 1.807) is 14.2 Å². The van der Waals surface area contributed by atoms with Crippen LogP contribution in [0, 0.1) is 5.92 Å². The maximum absolute atomic E-state index is 6.44. The molecule has 2 atom stereocenters. The molecule has 1 aliphatic heterocycles. The van der Waals surface area contributed by atoms with Gasteiger partial charge in [0.2, 0.25) is 0 Å². The summed E-state index contributed by atoms with van der Waals surface area (Å²) >= 11 is 1.91. The summed E-state index contributed by atoms with van der Waals surface area (Å²) in [5, 5.41) is 0.429. The average molecular weight is 267 g/mol. The van der Waals surface area contributed by atoms with Gasteiger partial charge in [-0.15, -0.1) is 0 Å². The Bertz CT molecular complexity index is 434. The number of hydrogen-bond acceptors (Lipinski definition) is 4. The molecule has 0 amide bonds. The first-order chi connectivity index (χ1) is 8.60. The fourth-order valence-electron chi connectivity index (χ4n) is 2.56. The molecular formula is C14H21NO2S. The topological polar surface area (TPSA) is 44.5 Å². The molecular weight excluding hydrogens is 246 g/mol. The molecule has 3 nitrogen and oxygen atoms in total.